The van der Waals surface area contributed by atoms with Gasteiger partial charge in [-0.15, -0.1) is 0 Å². The van der Waals surface area contributed by atoms with E-state index in [1.54, 1.807) is 6.92 Å². The van der Waals surface area contributed by atoms with Crippen molar-refractivity contribution in [2.75, 3.05) is 13.2 Å². The van der Waals surface area contributed by atoms with Crippen LogP contribution in [0.4, 0.5) is 0 Å². The summed E-state index contributed by atoms with van der Waals surface area (Å²) in [6.45, 7) is 2.11. The molecule has 1 fully saturated rings. The summed E-state index contributed by atoms with van der Waals surface area (Å²) in [4.78, 5) is 22.5. The van der Waals surface area contributed by atoms with Crippen LogP contribution in [0.3, 0.4) is 0 Å². The van der Waals surface area contributed by atoms with Gasteiger partial charge in [-0.2, -0.15) is 0 Å². The van der Waals surface area contributed by atoms with Gasteiger partial charge in [-0.3, -0.25) is 9.59 Å². The largest absolute Gasteiger partial charge is 0.465 e. The zero-order valence-corrected chi connectivity index (χ0v) is 9.96. The van der Waals surface area contributed by atoms with Crippen molar-refractivity contribution in [2.24, 2.45) is 5.92 Å². The molecule has 0 aliphatic heterocycles. The molecule has 1 aliphatic carbocycles. The van der Waals surface area contributed by atoms with Crippen LogP contribution in [0.5, 0.6) is 0 Å². The Hall–Kier alpha value is -1.06. The first kappa shape index (κ1) is 13.0. The summed E-state index contributed by atoms with van der Waals surface area (Å²) in [6, 6.07) is 0. The molecule has 0 atom stereocenters. The highest BCUT2D eigenvalue weighted by Gasteiger charge is 2.17. The highest BCUT2D eigenvalue weighted by atomic mass is 16.5. The molecule has 0 aromatic rings. The fourth-order valence-electron chi connectivity index (χ4n) is 2.11. The van der Waals surface area contributed by atoms with Crippen molar-refractivity contribution in [2.45, 2.75) is 45.4 Å². The van der Waals surface area contributed by atoms with Crippen molar-refractivity contribution < 1.29 is 14.3 Å². The molecule has 1 N–H and O–H groups in total. The first-order chi connectivity index (χ1) is 7.72. The van der Waals surface area contributed by atoms with Crippen LogP contribution < -0.4 is 5.32 Å². The third-order valence-electron chi connectivity index (χ3n) is 2.93. The Kier molecular flexibility index (Phi) is 5.90. The number of carbonyl (C=O) groups is 2. The van der Waals surface area contributed by atoms with Gasteiger partial charge in [0.15, 0.2) is 0 Å². The second-order valence-corrected chi connectivity index (χ2v) is 4.29. The molecule has 0 aromatic heterocycles. The van der Waals surface area contributed by atoms with Crippen LogP contribution >= 0.6 is 0 Å². The van der Waals surface area contributed by atoms with Crippen molar-refractivity contribution in [1.29, 1.82) is 0 Å². The number of hydrogen-bond donors (Lipinski definition) is 1. The Balaban J connectivity index is 2.12. The summed E-state index contributed by atoms with van der Waals surface area (Å²) >= 11 is 0. The van der Waals surface area contributed by atoms with Crippen molar-refractivity contribution in [3.05, 3.63) is 0 Å². The van der Waals surface area contributed by atoms with Crippen molar-refractivity contribution in [1.82, 2.24) is 5.32 Å². The van der Waals surface area contributed by atoms with E-state index in [1.165, 1.54) is 19.3 Å². The van der Waals surface area contributed by atoms with Crippen LogP contribution in [0.15, 0.2) is 0 Å². The maximum absolute atomic E-state index is 11.5. The molecule has 0 heterocycles. The molecule has 0 aromatic carbocycles. The van der Waals surface area contributed by atoms with Crippen LogP contribution in [0.25, 0.3) is 0 Å². The third kappa shape index (κ3) is 5.14. The van der Waals surface area contributed by atoms with Gasteiger partial charge in [0, 0.05) is 6.42 Å². The lowest BCUT2D eigenvalue weighted by atomic mass is 9.87. The van der Waals surface area contributed by atoms with E-state index in [9.17, 15) is 9.59 Å². The minimum Gasteiger partial charge on any atom is -0.465 e. The van der Waals surface area contributed by atoms with Gasteiger partial charge in [-0.1, -0.05) is 19.3 Å². The summed E-state index contributed by atoms with van der Waals surface area (Å²) in [5.74, 6) is 0.121. The quantitative estimate of drug-likeness (QED) is 0.726. The molecular weight excluding hydrogens is 206 g/mol. The zero-order chi connectivity index (χ0) is 11.8. The Bertz CT molecular complexity index is 234. The summed E-state index contributed by atoms with van der Waals surface area (Å²) < 4.78 is 4.73. The molecule has 1 amide bonds. The van der Waals surface area contributed by atoms with E-state index in [-0.39, 0.29) is 18.4 Å². The van der Waals surface area contributed by atoms with Gasteiger partial charge < -0.3 is 10.1 Å². The molecule has 0 unspecified atom stereocenters. The average molecular weight is 227 g/mol. The third-order valence-corrected chi connectivity index (χ3v) is 2.93. The smallest absolute Gasteiger partial charge is 0.325 e. The number of ether oxygens (including phenoxy) is 1. The molecule has 0 spiro atoms. The molecule has 0 radical (unpaired) electrons. The molecule has 1 rings (SSSR count). The predicted molar refractivity (Wildman–Crippen MR) is 60.8 cm³/mol. The standard InChI is InChI=1S/C12H21NO3/c1-2-16-12(15)9-13-11(14)8-10-6-4-3-5-7-10/h10H,2-9H2,1H3,(H,13,14). The predicted octanol–water partition coefficient (Wildman–Crippen LogP) is 1.64. The fraction of sp³-hybridized carbons (Fsp3) is 0.833. The maximum atomic E-state index is 11.5. The summed E-state index contributed by atoms with van der Waals surface area (Å²) in [6.07, 6.45) is 6.60. The van der Waals surface area contributed by atoms with Crippen LogP contribution in [0, 0.1) is 5.92 Å². The number of hydrogen-bond acceptors (Lipinski definition) is 3. The molecule has 1 aliphatic rings. The minimum absolute atomic E-state index is 0.000602. The van der Waals surface area contributed by atoms with Crippen molar-refractivity contribution in [3.8, 4) is 0 Å². The van der Waals surface area contributed by atoms with Gasteiger partial charge >= 0.3 is 5.97 Å². The van der Waals surface area contributed by atoms with Crippen LogP contribution in [-0.4, -0.2) is 25.0 Å². The fourth-order valence-corrected chi connectivity index (χ4v) is 2.11. The van der Waals surface area contributed by atoms with Gasteiger partial charge in [-0.25, -0.2) is 0 Å². The van der Waals surface area contributed by atoms with Crippen molar-refractivity contribution >= 4 is 11.9 Å². The zero-order valence-electron chi connectivity index (χ0n) is 9.96. The van der Waals surface area contributed by atoms with Gasteiger partial charge in [0.1, 0.15) is 6.54 Å². The van der Waals surface area contributed by atoms with Crippen LogP contribution in [0.1, 0.15) is 45.4 Å². The van der Waals surface area contributed by atoms with Crippen molar-refractivity contribution in [3.63, 3.8) is 0 Å². The van der Waals surface area contributed by atoms with Crippen LogP contribution in [-0.2, 0) is 14.3 Å². The highest BCUT2D eigenvalue weighted by Crippen LogP contribution is 2.25. The van der Waals surface area contributed by atoms with Gasteiger partial charge in [0.05, 0.1) is 6.61 Å². The summed E-state index contributed by atoms with van der Waals surface area (Å²) in [5.41, 5.74) is 0. The average Bonchev–Trinajstić information content (AvgIpc) is 2.28. The summed E-state index contributed by atoms with van der Waals surface area (Å²) in [5, 5.41) is 2.60. The Labute approximate surface area is 96.7 Å². The topological polar surface area (TPSA) is 55.4 Å². The lowest BCUT2D eigenvalue weighted by Crippen LogP contribution is -2.32. The maximum Gasteiger partial charge on any atom is 0.325 e. The number of esters is 1. The SMILES string of the molecule is CCOC(=O)CNC(=O)CC1CCCCC1. The Morgan fingerprint density at radius 1 is 1.25 bits per heavy atom. The molecule has 16 heavy (non-hydrogen) atoms. The van der Waals surface area contributed by atoms with Gasteiger partial charge in [0.25, 0.3) is 0 Å². The Morgan fingerprint density at radius 3 is 2.56 bits per heavy atom. The van der Waals surface area contributed by atoms with E-state index in [4.69, 9.17) is 4.74 Å². The van der Waals surface area contributed by atoms with E-state index in [0.29, 0.717) is 18.9 Å². The molecular formula is C12H21NO3. The number of rotatable bonds is 5. The number of carbonyl (C=O) groups excluding carboxylic acids is 2. The van der Waals surface area contributed by atoms with E-state index < -0.39 is 0 Å². The highest BCUT2D eigenvalue weighted by molar-refractivity contribution is 5.81. The molecule has 0 saturated heterocycles. The van der Waals surface area contributed by atoms with E-state index in [0.717, 1.165) is 12.8 Å². The second-order valence-electron chi connectivity index (χ2n) is 4.29. The molecule has 1 saturated carbocycles. The second kappa shape index (κ2) is 7.25. The molecule has 0 bridgehead atoms. The normalized spacial score (nSPS) is 16.8. The summed E-state index contributed by atoms with van der Waals surface area (Å²) in [7, 11) is 0. The molecule has 92 valence electrons. The Morgan fingerprint density at radius 2 is 1.94 bits per heavy atom. The lowest BCUT2D eigenvalue weighted by Gasteiger charge is -2.20. The van der Waals surface area contributed by atoms with Gasteiger partial charge in [-0.05, 0) is 25.7 Å². The number of amides is 1. The first-order valence-corrected chi connectivity index (χ1v) is 6.14. The van der Waals surface area contributed by atoms with Gasteiger partial charge in [0.2, 0.25) is 5.91 Å². The number of nitrogens with one attached hydrogen (secondary N) is 1. The van der Waals surface area contributed by atoms with E-state index in [2.05, 4.69) is 5.32 Å². The van der Waals surface area contributed by atoms with Crippen LogP contribution in [0.2, 0.25) is 0 Å². The molecule has 4 heteroatoms. The van der Waals surface area contributed by atoms with E-state index >= 15 is 0 Å². The van der Waals surface area contributed by atoms with E-state index in [1.807, 2.05) is 0 Å². The molecule has 4 nitrogen and oxygen atoms in total. The lowest BCUT2D eigenvalue weighted by molar-refractivity contribution is -0.143. The minimum atomic E-state index is -0.362. The first-order valence-electron chi connectivity index (χ1n) is 6.14. The monoisotopic (exact) mass is 227 g/mol.